The van der Waals surface area contributed by atoms with E-state index in [1.165, 1.54) is 12.1 Å². The molecule has 4 aromatic rings. The highest BCUT2D eigenvalue weighted by molar-refractivity contribution is 6.30. The molecule has 0 unspecified atom stereocenters. The number of hydrogen-bond acceptors (Lipinski definition) is 2. The Labute approximate surface area is 161 Å². The standard InChI is InChI=1S/C22H16ClFN2O/c23-18-5-6-20(22(27)12-18)25-13-15-4-7-21-17(10-15)8-9-26(21)14-16-2-1-3-19(24)11-16/h1-13,27H,14H2. The summed E-state index contributed by atoms with van der Waals surface area (Å²) in [4.78, 5) is 4.33. The molecule has 0 saturated heterocycles. The summed E-state index contributed by atoms with van der Waals surface area (Å²) in [5, 5.41) is 11.4. The molecule has 1 heterocycles. The number of phenols is 1. The number of nitrogens with zero attached hydrogens (tertiary/aromatic N) is 2. The van der Waals surface area contributed by atoms with Crippen molar-refractivity contribution in [2.75, 3.05) is 0 Å². The summed E-state index contributed by atoms with van der Waals surface area (Å²) in [5.41, 5.74) is 3.35. The van der Waals surface area contributed by atoms with Crippen LogP contribution in [0, 0.1) is 5.82 Å². The van der Waals surface area contributed by atoms with Crippen molar-refractivity contribution in [3.05, 3.63) is 94.9 Å². The summed E-state index contributed by atoms with van der Waals surface area (Å²) in [6, 6.07) is 19.5. The summed E-state index contributed by atoms with van der Waals surface area (Å²) in [6.07, 6.45) is 3.69. The van der Waals surface area contributed by atoms with E-state index in [9.17, 15) is 9.50 Å². The van der Waals surface area contributed by atoms with Gasteiger partial charge in [0.15, 0.2) is 0 Å². The zero-order valence-electron chi connectivity index (χ0n) is 14.3. The first-order valence-electron chi connectivity index (χ1n) is 8.44. The van der Waals surface area contributed by atoms with Crippen molar-refractivity contribution in [2.45, 2.75) is 6.54 Å². The first-order valence-corrected chi connectivity index (χ1v) is 8.82. The Morgan fingerprint density at radius 3 is 2.74 bits per heavy atom. The van der Waals surface area contributed by atoms with Gasteiger partial charge in [-0.25, -0.2) is 4.39 Å². The molecule has 0 aliphatic rings. The highest BCUT2D eigenvalue weighted by Crippen LogP contribution is 2.29. The van der Waals surface area contributed by atoms with Gasteiger partial charge in [0.25, 0.3) is 0 Å². The molecule has 3 aromatic carbocycles. The number of aromatic hydroxyl groups is 1. The summed E-state index contributed by atoms with van der Waals surface area (Å²) in [7, 11) is 0. The third-order valence-electron chi connectivity index (χ3n) is 4.33. The Kier molecular flexibility index (Phi) is 4.65. The molecule has 0 saturated carbocycles. The molecule has 134 valence electrons. The van der Waals surface area contributed by atoms with Crippen LogP contribution in [-0.4, -0.2) is 15.9 Å². The van der Waals surface area contributed by atoms with E-state index >= 15 is 0 Å². The van der Waals surface area contributed by atoms with Gasteiger partial charge in [0.05, 0.1) is 0 Å². The number of phenolic OH excluding ortho intramolecular Hbond substituents is 1. The highest BCUT2D eigenvalue weighted by atomic mass is 35.5. The predicted octanol–water partition coefficient (Wildman–Crippen LogP) is 5.94. The number of benzene rings is 3. The Bertz CT molecular complexity index is 1150. The van der Waals surface area contributed by atoms with E-state index in [0.717, 1.165) is 22.0 Å². The smallest absolute Gasteiger partial charge is 0.142 e. The van der Waals surface area contributed by atoms with Crippen LogP contribution in [0.1, 0.15) is 11.1 Å². The molecular formula is C22H16ClFN2O. The predicted molar refractivity (Wildman–Crippen MR) is 108 cm³/mol. The third kappa shape index (κ3) is 3.86. The van der Waals surface area contributed by atoms with Crippen LogP contribution >= 0.6 is 11.6 Å². The Morgan fingerprint density at radius 1 is 1.04 bits per heavy atom. The third-order valence-corrected chi connectivity index (χ3v) is 4.56. The largest absolute Gasteiger partial charge is 0.506 e. The Hall–Kier alpha value is -3.11. The van der Waals surface area contributed by atoms with Crippen molar-refractivity contribution in [3.8, 4) is 5.75 Å². The number of rotatable bonds is 4. The van der Waals surface area contributed by atoms with Crippen molar-refractivity contribution < 1.29 is 9.50 Å². The molecular weight excluding hydrogens is 363 g/mol. The second-order valence-electron chi connectivity index (χ2n) is 6.28. The van der Waals surface area contributed by atoms with Gasteiger partial charge in [-0.1, -0.05) is 29.8 Å². The van der Waals surface area contributed by atoms with Gasteiger partial charge in [-0.05, 0) is 53.6 Å². The number of halogens is 2. The van der Waals surface area contributed by atoms with E-state index in [4.69, 9.17) is 11.6 Å². The Morgan fingerprint density at radius 2 is 1.93 bits per heavy atom. The lowest BCUT2D eigenvalue weighted by Crippen LogP contribution is -1.98. The van der Waals surface area contributed by atoms with Crippen molar-refractivity contribution in [1.82, 2.24) is 4.57 Å². The lowest BCUT2D eigenvalue weighted by molar-refractivity contribution is 0.477. The summed E-state index contributed by atoms with van der Waals surface area (Å²) in [6.45, 7) is 0.605. The van der Waals surface area contributed by atoms with Gasteiger partial charge in [-0.2, -0.15) is 0 Å². The topological polar surface area (TPSA) is 37.5 Å². The Balaban J connectivity index is 1.59. The number of hydrogen-bond donors (Lipinski definition) is 1. The van der Waals surface area contributed by atoms with E-state index in [1.54, 1.807) is 30.5 Å². The van der Waals surface area contributed by atoms with Crippen molar-refractivity contribution in [1.29, 1.82) is 0 Å². The molecule has 0 amide bonds. The summed E-state index contributed by atoms with van der Waals surface area (Å²) < 4.78 is 15.5. The molecule has 1 N–H and O–H groups in total. The van der Waals surface area contributed by atoms with Crippen molar-refractivity contribution in [3.63, 3.8) is 0 Å². The number of aliphatic imine (C=N–C) groups is 1. The molecule has 0 fully saturated rings. The van der Waals surface area contributed by atoms with Crippen LogP contribution in [0.15, 0.2) is 77.9 Å². The van der Waals surface area contributed by atoms with Crippen molar-refractivity contribution >= 4 is 34.4 Å². The maximum absolute atomic E-state index is 13.4. The molecule has 5 heteroatoms. The quantitative estimate of drug-likeness (QED) is 0.438. The average molecular weight is 379 g/mol. The van der Waals surface area contributed by atoms with Crippen molar-refractivity contribution in [2.24, 2.45) is 4.99 Å². The fourth-order valence-electron chi connectivity index (χ4n) is 3.02. The second-order valence-corrected chi connectivity index (χ2v) is 6.72. The van der Waals surface area contributed by atoms with Crippen LogP contribution in [0.3, 0.4) is 0 Å². The molecule has 0 radical (unpaired) electrons. The van der Waals surface area contributed by atoms with Gasteiger partial charge < -0.3 is 9.67 Å². The number of aromatic nitrogens is 1. The minimum Gasteiger partial charge on any atom is -0.506 e. The normalized spacial score (nSPS) is 11.5. The lowest BCUT2D eigenvalue weighted by Gasteiger charge is -2.06. The van der Waals surface area contributed by atoms with E-state index in [-0.39, 0.29) is 11.6 Å². The molecule has 0 aliphatic heterocycles. The first-order chi connectivity index (χ1) is 13.1. The van der Waals surface area contributed by atoms with E-state index in [0.29, 0.717) is 17.3 Å². The van der Waals surface area contributed by atoms with Gasteiger partial charge >= 0.3 is 0 Å². The molecule has 4 rings (SSSR count). The fourth-order valence-corrected chi connectivity index (χ4v) is 3.18. The minimum absolute atomic E-state index is 0.0427. The number of fused-ring (bicyclic) bond motifs is 1. The molecule has 0 atom stereocenters. The summed E-state index contributed by atoms with van der Waals surface area (Å²) in [5.74, 6) is -0.186. The molecule has 0 bridgehead atoms. The van der Waals surface area contributed by atoms with Gasteiger partial charge in [0.2, 0.25) is 0 Å². The molecule has 3 nitrogen and oxygen atoms in total. The maximum Gasteiger partial charge on any atom is 0.142 e. The van der Waals surface area contributed by atoms with Gasteiger partial charge in [-0.3, -0.25) is 4.99 Å². The van der Waals surface area contributed by atoms with Crippen LogP contribution in [-0.2, 0) is 6.54 Å². The zero-order valence-corrected chi connectivity index (χ0v) is 15.1. The SMILES string of the molecule is Oc1cc(Cl)ccc1N=Cc1ccc2c(ccn2Cc2cccc(F)c2)c1. The fraction of sp³-hybridized carbons (Fsp3) is 0.0455. The zero-order chi connectivity index (χ0) is 18.8. The summed E-state index contributed by atoms with van der Waals surface area (Å²) >= 11 is 5.83. The maximum atomic E-state index is 13.4. The van der Waals surface area contributed by atoms with E-state index < -0.39 is 0 Å². The van der Waals surface area contributed by atoms with E-state index in [2.05, 4.69) is 9.56 Å². The van der Waals surface area contributed by atoms with Crippen LogP contribution in [0.25, 0.3) is 10.9 Å². The molecule has 27 heavy (non-hydrogen) atoms. The molecule has 0 spiro atoms. The molecule has 0 aliphatic carbocycles. The van der Waals surface area contributed by atoms with Crippen LogP contribution in [0.2, 0.25) is 5.02 Å². The minimum atomic E-state index is -0.229. The molecule has 1 aromatic heterocycles. The van der Waals surface area contributed by atoms with Crippen LogP contribution in [0.5, 0.6) is 5.75 Å². The van der Waals surface area contributed by atoms with E-state index in [1.807, 2.05) is 36.5 Å². The highest BCUT2D eigenvalue weighted by Gasteiger charge is 2.04. The van der Waals surface area contributed by atoms with Crippen LogP contribution in [0.4, 0.5) is 10.1 Å². The second kappa shape index (κ2) is 7.25. The van der Waals surface area contributed by atoms with Gasteiger partial charge in [0, 0.05) is 40.9 Å². The average Bonchev–Trinajstić information content (AvgIpc) is 3.03. The van der Waals surface area contributed by atoms with Crippen LogP contribution < -0.4 is 0 Å². The lowest BCUT2D eigenvalue weighted by atomic mass is 10.1. The van der Waals surface area contributed by atoms with Gasteiger partial charge in [-0.15, -0.1) is 0 Å². The van der Waals surface area contributed by atoms with Gasteiger partial charge in [0.1, 0.15) is 17.3 Å². The first kappa shape index (κ1) is 17.3. The monoisotopic (exact) mass is 378 g/mol.